The predicted octanol–water partition coefficient (Wildman–Crippen LogP) is 3.52. The molecule has 0 saturated heterocycles. The highest BCUT2D eigenvalue weighted by Gasteiger charge is 2.26. The predicted molar refractivity (Wildman–Crippen MR) is 87.3 cm³/mol. The summed E-state index contributed by atoms with van der Waals surface area (Å²) in [5, 5.41) is 0. The highest BCUT2D eigenvalue weighted by atomic mass is 79.9. The van der Waals surface area contributed by atoms with E-state index in [1.807, 2.05) is 24.3 Å². The van der Waals surface area contributed by atoms with Crippen molar-refractivity contribution < 1.29 is 19.0 Å². The molecule has 2 aliphatic rings. The molecule has 0 aliphatic carbocycles. The minimum atomic E-state index is -0.478. The standard InChI is InChI=1S/C17H10BrNO4/c18-12-4-2-1-3-10(12)7-13-17(20)23-16(19-13)11-5-6-14-15(8-11)22-9-21-14/h1-8H,9H2/b13-7+. The van der Waals surface area contributed by atoms with Crippen molar-refractivity contribution in [2.24, 2.45) is 4.99 Å². The van der Waals surface area contributed by atoms with Gasteiger partial charge in [-0.1, -0.05) is 34.1 Å². The normalized spacial score (nSPS) is 17.3. The third-order valence-corrected chi connectivity index (χ3v) is 4.16. The van der Waals surface area contributed by atoms with Crippen molar-refractivity contribution in [3.63, 3.8) is 0 Å². The van der Waals surface area contributed by atoms with Crippen molar-refractivity contribution in [3.05, 3.63) is 63.8 Å². The number of hydrogen-bond acceptors (Lipinski definition) is 5. The molecule has 2 aliphatic heterocycles. The van der Waals surface area contributed by atoms with Gasteiger partial charge in [0.25, 0.3) is 0 Å². The Balaban J connectivity index is 1.69. The number of hydrogen-bond donors (Lipinski definition) is 0. The Hall–Kier alpha value is -2.60. The van der Waals surface area contributed by atoms with E-state index in [0.717, 1.165) is 10.0 Å². The third kappa shape index (κ3) is 2.61. The topological polar surface area (TPSA) is 57.1 Å². The molecule has 6 heteroatoms. The largest absolute Gasteiger partial charge is 0.454 e. The van der Waals surface area contributed by atoms with Crippen LogP contribution in [-0.4, -0.2) is 18.7 Å². The molecule has 2 aromatic rings. The average molecular weight is 372 g/mol. The van der Waals surface area contributed by atoms with Crippen molar-refractivity contribution in [2.75, 3.05) is 6.79 Å². The highest BCUT2D eigenvalue weighted by molar-refractivity contribution is 9.10. The van der Waals surface area contributed by atoms with Crippen molar-refractivity contribution >= 4 is 33.9 Å². The van der Waals surface area contributed by atoms with E-state index in [4.69, 9.17) is 14.2 Å². The van der Waals surface area contributed by atoms with Crippen LogP contribution in [0.2, 0.25) is 0 Å². The van der Waals surface area contributed by atoms with Crippen LogP contribution in [-0.2, 0) is 9.53 Å². The molecule has 114 valence electrons. The second kappa shape index (κ2) is 5.55. The molecular weight excluding hydrogens is 362 g/mol. The maximum absolute atomic E-state index is 12.0. The van der Waals surface area contributed by atoms with Gasteiger partial charge < -0.3 is 14.2 Å². The van der Waals surface area contributed by atoms with Gasteiger partial charge >= 0.3 is 5.97 Å². The van der Waals surface area contributed by atoms with Crippen molar-refractivity contribution in [1.29, 1.82) is 0 Å². The van der Waals surface area contributed by atoms with Gasteiger partial charge in [-0.2, -0.15) is 0 Å². The van der Waals surface area contributed by atoms with Crippen LogP contribution in [0.3, 0.4) is 0 Å². The Labute approximate surface area is 140 Å². The smallest absolute Gasteiger partial charge is 0.363 e. The van der Waals surface area contributed by atoms with Crippen LogP contribution in [0.5, 0.6) is 11.5 Å². The fraction of sp³-hybridized carbons (Fsp3) is 0.0588. The number of fused-ring (bicyclic) bond motifs is 1. The van der Waals surface area contributed by atoms with E-state index in [9.17, 15) is 4.79 Å². The number of ether oxygens (including phenoxy) is 3. The van der Waals surface area contributed by atoms with Gasteiger partial charge in [0.15, 0.2) is 17.2 Å². The molecule has 5 nitrogen and oxygen atoms in total. The Morgan fingerprint density at radius 2 is 1.91 bits per heavy atom. The van der Waals surface area contributed by atoms with Crippen LogP contribution in [0.4, 0.5) is 0 Å². The summed E-state index contributed by atoms with van der Waals surface area (Å²) in [5.41, 5.74) is 1.78. The minimum Gasteiger partial charge on any atom is -0.454 e. The van der Waals surface area contributed by atoms with Crippen molar-refractivity contribution in [3.8, 4) is 11.5 Å². The molecule has 0 radical (unpaired) electrons. The Bertz CT molecular complexity index is 873. The van der Waals surface area contributed by atoms with Crippen LogP contribution in [0.1, 0.15) is 11.1 Å². The number of carbonyl (C=O) groups excluding carboxylic acids is 1. The molecule has 0 bridgehead atoms. The van der Waals surface area contributed by atoms with Crippen LogP contribution in [0, 0.1) is 0 Å². The Morgan fingerprint density at radius 1 is 1.09 bits per heavy atom. The minimum absolute atomic E-state index is 0.193. The number of rotatable bonds is 2. The molecule has 0 spiro atoms. The molecule has 2 heterocycles. The zero-order valence-electron chi connectivity index (χ0n) is 11.8. The lowest BCUT2D eigenvalue weighted by atomic mass is 10.2. The van der Waals surface area contributed by atoms with E-state index in [1.165, 1.54) is 0 Å². The van der Waals surface area contributed by atoms with Gasteiger partial charge in [0.05, 0.1) is 0 Å². The monoisotopic (exact) mass is 371 g/mol. The fourth-order valence-corrected chi connectivity index (χ4v) is 2.70. The average Bonchev–Trinajstić information content (AvgIpc) is 3.16. The third-order valence-electron chi connectivity index (χ3n) is 3.44. The summed E-state index contributed by atoms with van der Waals surface area (Å²) in [6.45, 7) is 0.193. The Morgan fingerprint density at radius 3 is 2.78 bits per heavy atom. The molecule has 0 amide bonds. The first-order chi connectivity index (χ1) is 11.2. The van der Waals surface area contributed by atoms with Crippen LogP contribution < -0.4 is 9.47 Å². The molecule has 2 aromatic carbocycles. The summed E-state index contributed by atoms with van der Waals surface area (Å²) < 4.78 is 16.7. The number of halogens is 1. The van der Waals surface area contributed by atoms with Gasteiger partial charge in [0.2, 0.25) is 12.7 Å². The summed E-state index contributed by atoms with van der Waals surface area (Å²) in [6, 6.07) is 12.9. The molecule has 4 rings (SSSR count). The molecule has 0 fully saturated rings. The lowest BCUT2D eigenvalue weighted by molar-refractivity contribution is -0.129. The van der Waals surface area contributed by atoms with Crippen LogP contribution in [0.15, 0.2) is 57.6 Å². The number of benzene rings is 2. The summed E-state index contributed by atoms with van der Waals surface area (Å²) in [6.07, 6.45) is 1.69. The number of nitrogens with zero attached hydrogens (tertiary/aromatic N) is 1. The molecule has 0 saturated carbocycles. The molecular formula is C17H10BrNO4. The second-order valence-electron chi connectivity index (χ2n) is 4.93. The molecule has 23 heavy (non-hydrogen) atoms. The maximum Gasteiger partial charge on any atom is 0.363 e. The first-order valence-corrected chi connectivity index (χ1v) is 7.67. The summed E-state index contributed by atoms with van der Waals surface area (Å²) in [7, 11) is 0. The van der Waals surface area contributed by atoms with E-state index in [2.05, 4.69) is 20.9 Å². The fourth-order valence-electron chi connectivity index (χ4n) is 2.30. The number of esters is 1. The van der Waals surface area contributed by atoms with Gasteiger partial charge in [0.1, 0.15) is 0 Å². The van der Waals surface area contributed by atoms with E-state index < -0.39 is 5.97 Å². The maximum atomic E-state index is 12.0. The summed E-state index contributed by atoms with van der Waals surface area (Å²) in [5.74, 6) is 1.06. The first kappa shape index (κ1) is 14.0. The van der Waals surface area contributed by atoms with E-state index in [1.54, 1.807) is 24.3 Å². The quantitative estimate of drug-likeness (QED) is 0.598. The number of cyclic esters (lactones) is 1. The zero-order chi connectivity index (χ0) is 15.8. The highest BCUT2D eigenvalue weighted by Crippen LogP contribution is 2.33. The number of aliphatic imine (C=N–C) groups is 1. The molecule has 0 aromatic heterocycles. The first-order valence-electron chi connectivity index (χ1n) is 6.88. The van der Waals surface area contributed by atoms with E-state index in [0.29, 0.717) is 17.1 Å². The summed E-state index contributed by atoms with van der Waals surface area (Å²) >= 11 is 3.44. The van der Waals surface area contributed by atoms with Crippen LogP contribution in [0.25, 0.3) is 6.08 Å². The van der Waals surface area contributed by atoms with E-state index in [-0.39, 0.29) is 18.4 Å². The zero-order valence-corrected chi connectivity index (χ0v) is 13.4. The summed E-state index contributed by atoms with van der Waals surface area (Å²) in [4.78, 5) is 16.3. The van der Waals surface area contributed by atoms with Crippen molar-refractivity contribution in [1.82, 2.24) is 0 Å². The Kier molecular flexibility index (Phi) is 3.38. The van der Waals surface area contributed by atoms with Gasteiger partial charge in [-0.05, 0) is 35.9 Å². The molecule has 0 atom stereocenters. The van der Waals surface area contributed by atoms with Crippen molar-refractivity contribution in [2.45, 2.75) is 0 Å². The molecule has 0 N–H and O–H groups in total. The SMILES string of the molecule is O=C1OC(c2ccc3c(c2)OCO3)=N/C1=C/c1ccccc1Br. The van der Waals surface area contributed by atoms with Gasteiger partial charge in [-0.3, -0.25) is 0 Å². The second-order valence-corrected chi connectivity index (χ2v) is 5.78. The lowest BCUT2D eigenvalue weighted by Gasteiger charge is -2.01. The van der Waals surface area contributed by atoms with Gasteiger partial charge in [0, 0.05) is 10.0 Å². The lowest BCUT2D eigenvalue weighted by Crippen LogP contribution is -2.05. The number of carbonyl (C=O) groups is 1. The van der Waals surface area contributed by atoms with E-state index >= 15 is 0 Å². The molecule has 0 unspecified atom stereocenters. The van der Waals surface area contributed by atoms with Crippen LogP contribution >= 0.6 is 15.9 Å². The van der Waals surface area contributed by atoms with Gasteiger partial charge in [-0.25, -0.2) is 9.79 Å². The van der Waals surface area contributed by atoms with Gasteiger partial charge in [-0.15, -0.1) is 0 Å².